The Morgan fingerprint density at radius 3 is 2.38 bits per heavy atom. The molecule has 2 aromatic heterocycles. The Morgan fingerprint density at radius 2 is 1.67 bits per heavy atom. The van der Waals surface area contributed by atoms with Crippen molar-refractivity contribution in [3.63, 3.8) is 0 Å². The van der Waals surface area contributed by atoms with Crippen LogP contribution in [-0.4, -0.2) is 19.5 Å². The lowest BCUT2D eigenvalue weighted by molar-refractivity contribution is 0.631. The summed E-state index contributed by atoms with van der Waals surface area (Å²) in [5, 5.41) is 0. The van der Waals surface area contributed by atoms with Gasteiger partial charge >= 0.3 is 5.69 Å². The zero-order valence-electron chi connectivity index (χ0n) is 13.2. The van der Waals surface area contributed by atoms with Crippen molar-refractivity contribution in [2.45, 2.75) is 13.0 Å². The lowest BCUT2D eigenvalue weighted by Crippen LogP contribution is -2.21. The van der Waals surface area contributed by atoms with E-state index in [-0.39, 0.29) is 11.7 Å². The number of benzene rings is 2. The number of hydrogen-bond acceptors (Lipinski definition) is 3. The van der Waals surface area contributed by atoms with Crippen LogP contribution in [0.3, 0.4) is 0 Å². The summed E-state index contributed by atoms with van der Waals surface area (Å²) in [6.07, 6.45) is 1.69. The quantitative estimate of drug-likeness (QED) is 0.630. The van der Waals surface area contributed by atoms with Crippen molar-refractivity contribution in [2.24, 2.45) is 0 Å². The van der Waals surface area contributed by atoms with Crippen LogP contribution in [0.5, 0.6) is 0 Å². The summed E-state index contributed by atoms with van der Waals surface area (Å²) in [5.74, 6) is 0. The molecule has 1 atom stereocenters. The van der Waals surface area contributed by atoms with Crippen LogP contribution in [0.25, 0.3) is 22.6 Å². The molecule has 0 unspecified atom stereocenters. The molecule has 0 radical (unpaired) electrons. The summed E-state index contributed by atoms with van der Waals surface area (Å²) >= 11 is 0. The van der Waals surface area contributed by atoms with E-state index in [9.17, 15) is 4.79 Å². The molecule has 1 N–H and O–H groups in total. The van der Waals surface area contributed by atoms with Gasteiger partial charge in [-0.3, -0.25) is 9.55 Å². The Morgan fingerprint density at radius 1 is 1.00 bits per heavy atom. The highest BCUT2D eigenvalue weighted by atomic mass is 16.1. The smallest absolute Gasteiger partial charge is 0.289 e. The molecular weight excluding hydrogens is 300 g/mol. The summed E-state index contributed by atoms with van der Waals surface area (Å²) in [6.45, 7) is 1.99. The van der Waals surface area contributed by atoms with Gasteiger partial charge in [0.15, 0.2) is 11.3 Å². The van der Waals surface area contributed by atoms with Crippen LogP contribution in [0.2, 0.25) is 0 Å². The normalized spacial score (nSPS) is 12.4. The Kier molecular flexibility index (Phi) is 3.46. The number of rotatable bonds is 3. The monoisotopic (exact) mass is 316 g/mol. The van der Waals surface area contributed by atoms with E-state index in [0.29, 0.717) is 11.3 Å². The minimum absolute atomic E-state index is 0.132. The van der Waals surface area contributed by atoms with Crippen LogP contribution in [0, 0.1) is 0 Å². The maximum absolute atomic E-state index is 12.4. The highest BCUT2D eigenvalue weighted by Crippen LogP contribution is 2.22. The second kappa shape index (κ2) is 5.77. The molecule has 0 aliphatic heterocycles. The zero-order valence-corrected chi connectivity index (χ0v) is 13.2. The average Bonchev–Trinajstić information content (AvgIpc) is 2.97. The van der Waals surface area contributed by atoms with E-state index in [0.717, 1.165) is 16.8 Å². The fourth-order valence-electron chi connectivity index (χ4n) is 2.88. The topological polar surface area (TPSA) is 63.6 Å². The van der Waals surface area contributed by atoms with E-state index in [1.807, 2.05) is 67.6 Å². The van der Waals surface area contributed by atoms with E-state index in [4.69, 9.17) is 0 Å². The van der Waals surface area contributed by atoms with Gasteiger partial charge in [-0.1, -0.05) is 60.7 Å². The van der Waals surface area contributed by atoms with Gasteiger partial charge in [0.05, 0.1) is 17.9 Å². The van der Waals surface area contributed by atoms with Crippen LogP contribution in [0.15, 0.2) is 71.7 Å². The van der Waals surface area contributed by atoms with Crippen molar-refractivity contribution in [1.29, 1.82) is 0 Å². The highest BCUT2D eigenvalue weighted by Gasteiger charge is 2.17. The van der Waals surface area contributed by atoms with Crippen molar-refractivity contribution in [3.8, 4) is 11.3 Å². The standard InChI is InChI=1S/C19H16N4O/c1-13(14-8-4-2-5-9-14)23-18-17(22-19(23)24)20-12-16(21-18)15-10-6-3-7-11-15/h2-13H,1H3,(H,20,22,24)/t13-/m1/s1. The van der Waals surface area contributed by atoms with Crippen molar-refractivity contribution >= 4 is 11.3 Å². The molecule has 24 heavy (non-hydrogen) atoms. The maximum atomic E-state index is 12.4. The van der Waals surface area contributed by atoms with E-state index in [1.54, 1.807) is 10.8 Å². The van der Waals surface area contributed by atoms with Crippen molar-refractivity contribution in [1.82, 2.24) is 19.5 Å². The average molecular weight is 316 g/mol. The largest absolute Gasteiger partial charge is 0.329 e. The van der Waals surface area contributed by atoms with Gasteiger partial charge < -0.3 is 0 Å². The van der Waals surface area contributed by atoms with Gasteiger partial charge in [-0.05, 0) is 12.5 Å². The number of nitrogens with one attached hydrogen (secondary N) is 1. The summed E-state index contributed by atoms with van der Waals surface area (Å²) in [5.41, 5.74) is 3.63. The first-order valence-electron chi connectivity index (χ1n) is 7.81. The van der Waals surface area contributed by atoms with Gasteiger partial charge in [-0.25, -0.2) is 14.8 Å². The first-order valence-corrected chi connectivity index (χ1v) is 7.81. The molecule has 118 valence electrons. The summed E-state index contributed by atoms with van der Waals surface area (Å²) < 4.78 is 1.66. The number of H-pyrrole nitrogens is 1. The molecule has 0 bridgehead atoms. The highest BCUT2D eigenvalue weighted by molar-refractivity contribution is 5.71. The molecule has 0 fully saturated rings. The van der Waals surface area contributed by atoms with Gasteiger partial charge in [0, 0.05) is 5.56 Å². The fourth-order valence-corrected chi connectivity index (χ4v) is 2.88. The predicted octanol–water partition coefficient (Wildman–Crippen LogP) is 3.40. The lowest BCUT2D eigenvalue weighted by Gasteiger charge is -2.13. The van der Waals surface area contributed by atoms with Gasteiger partial charge in [-0.2, -0.15) is 0 Å². The number of fused-ring (bicyclic) bond motifs is 1. The molecule has 0 amide bonds. The Labute approximate surface area is 138 Å². The molecule has 0 saturated carbocycles. The Bertz CT molecular complexity index is 1040. The molecule has 0 spiro atoms. The molecule has 4 rings (SSSR count). The summed E-state index contributed by atoms with van der Waals surface area (Å²) in [4.78, 5) is 24.3. The predicted molar refractivity (Wildman–Crippen MR) is 93.8 cm³/mol. The molecule has 5 nitrogen and oxygen atoms in total. The van der Waals surface area contributed by atoms with Crippen LogP contribution in [-0.2, 0) is 0 Å². The van der Waals surface area contributed by atoms with Gasteiger partial charge in [0.25, 0.3) is 0 Å². The van der Waals surface area contributed by atoms with Crippen molar-refractivity contribution < 1.29 is 0 Å². The molecule has 0 aliphatic carbocycles. The van der Waals surface area contributed by atoms with Gasteiger partial charge in [0.2, 0.25) is 0 Å². The summed E-state index contributed by atoms with van der Waals surface area (Å²) in [7, 11) is 0. The second-order valence-corrected chi connectivity index (χ2v) is 5.68. The van der Waals surface area contributed by atoms with Crippen LogP contribution >= 0.6 is 0 Å². The number of aromatic nitrogens is 4. The molecule has 0 saturated heterocycles. The first-order chi connectivity index (χ1) is 11.7. The minimum atomic E-state index is -0.202. The van der Waals surface area contributed by atoms with Crippen LogP contribution < -0.4 is 5.69 Å². The second-order valence-electron chi connectivity index (χ2n) is 5.68. The zero-order chi connectivity index (χ0) is 16.5. The SMILES string of the molecule is C[C@H](c1ccccc1)n1c(=O)[nH]c2ncc(-c3ccccc3)nc21. The molecule has 0 aliphatic rings. The number of hydrogen-bond donors (Lipinski definition) is 1. The van der Waals surface area contributed by atoms with Gasteiger partial charge in [0.1, 0.15) is 0 Å². The maximum Gasteiger partial charge on any atom is 0.329 e. The van der Waals surface area contributed by atoms with Crippen molar-refractivity contribution in [3.05, 3.63) is 82.9 Å². The van der Waals surface area contributed by atoms with E-state index in [2.05, 4.69) is 15.0 Å². The fraction of sp³-hybridized carbons (Fsp3) is 0.105. The van der Waals surface area contributed by atoms with E-state index >= 15 is 0 Å². The van der Waals surface area contributed by atoms with Crippen molar-refractivity contribution in [2.75, 3.05) is 0 Å². The molecule has 4 aromatic rings. The number of nitrogens with zero attached hydrogens (tertiary/aromatic N) is 3. The lowest BCUT2D eigenvalue weighted by atomic mass is 10.1. The molecule has 2 aromatic carbocycles. The summed E-state index contributed by atoms with van der Waals surface area (Å²) in [6, 6.07) is 19.6. The third-order valence-corrected chi connectivity index (χ3v) is 4.17. The Hall–Kier alpha value is -3.21. The van der Waals surface area contributed by atoms with E-state index in [1.165, 1.54) is 0 Å². The number of imidazole rings is 1. The Balaban J connectivity index is 1.89. The van der Waals surface area contributed by atoms with Crippen LogP contribution in [0.1, 0.15) is 18.5 Å². The first kappa shape index (κ1) is 14.4. The third-order valence-electron chi connectivity index (χ3n) is 4.17. The van der Waals surface area contributed by atoms with Gasteiger partial charge in [-0.15, -0.1) is 0 Å². The van der Waals surface area contributed by atoms with E-state index < -0.39 is 0 Å². The number of aromatic amines is 1. The molecule has 2 heterocycles. The minimum Gasteiger partial charge on any atom is -0.289 e. The molecular formula is C19H16N4O. The van der Waals surface area contributed by atoms with Crippen LogP contribution in [0.4, 0.5) is 0 Å². The third kappa shape index (κ3) is 2.40. The molecule has 5 heteroatoms.